The van der Waals surface area contributed by atoms with E-state index in [1.807, 2.05) is 6.07 Å². The predicted octanol–water partition coefficient (Wildman–Crippen LogP) is 3.87. The molecule has 0 unspecified atom stereocenters. The normalized spacial score (nSPS) is 19.4. The van der Waals surface area contributed by atoms with E-state index in [4.69, 9.17) is 32.7 Å². The fourth-order valence-corrected chi connectivity index (χ4v) is 3.67. The minimum absolute atomic E-state index is 0.393. The number of ether oxygens (including phenoxy) is 2. The zero-order chi connectivity index (χ0) is 17.3. The SMILES string of the molecule is Clc1cccc(Cl)c1Nc1nccc(N2CCC3(CC2)OCCO3)n1. The third-order valence-corrected chi connectivity index (χ3v) is 5.13. The van der Waals surface area contributed by atoms with Crippen LogP contribution in [0.4, 0.5) is 17.5 Å². The second-order valence-corrected chi connectivity index (χ2v) is 6.87. The monoisotopic (exact) mass is 380 g/mol. The molecule has 2 fully saturated rings. The van der Waals surface area contributed by atoms with E-state index in [2.05, 4.69) is 20.2 Å². The van der Waals surface area contributed by atoms with Crippen molar-refractivity contribution in [1.29, 1.82) is 0 Å². The molecule has 2 aliphatic rings. The number of halogens is 2. The van der Waals surface area contributed by atoms with Crippen molar-refractivity contribution in [2.24, 2.45) is 0 Å². The van der Waals surface area contributed by atoms with Crippen LogP contribution in [-0.2, 0) is 9.47 Å². The van der Waals surface area contributed by atoms with Gasteiger partial charge in [-0.25, -0.2) is 4.98 Å². The van der Waals surface area contributed by atoms with Crippen LogP contribution in [0.25, 0.3) is 0 Å². The summed E-state index contributed by atoms with van der Waals surface area (Å²) in [7, 11) is 0. The van der Waals surface area contributed by atoms with Gasteiger partial charge in [0.15, 0.2) is 5.79 Å². The Kier molecular flexibility index (Phi) is 4.69. The Bertz CT molecular complexity index is 738. The second kappa shape index (κ2) is 6.96. The maximum absolute atomic E-state index is 6.20. The Balaban J connectivity index is 1.48. The number of hydrogen-bond donors (Lipinski definition) is 1. The standard InChI is InChI=1S/C17H18Cl2N4O2/c18-12-2-1-3-13(19)15(12)22-16-20-7-4-14(21-16)23-8-5-17(6-9-23)24-10-11-25-17/h1-4,7H,5-6,8-11H2,(H,20,21,22). The highest BCUT2D eigenvalue weighted by Gasteiger charge is 2.40. The van der Waals surface area contributed by atoms with Crippen LogP contribution >= 0.6 is 23.2 Å². The molecule has 0 saturated carbocycles. The minimum atomic E-state index is -0.393. The molecule has 0 atom stereocenters. The van der Waals surface area contributed by atoms with Crippen LogP contribution in [0.5, 0.6) is 0 Å². The van der Waals surface area contributed by atoms with Gasteiger partial charge < -0.3 is 19.7 Å². The molecule has 2 aliphatic heterocycles. The van der Waals surface area contributed by atoms with Gasteiger partial charge in [0.05, 0.1) is 28.9 Å². The van der Waals surface area contributed by atoms with Crippen LogP contribution in [0.2, 0.25) is 10.0 Å². The molecule has 1 spiro atoms. The van der Waals surface area contributed by atoms with E-state index in [0.717, 1.165) is 31.7 Å². The van der Waals surface area contributed by atoms with Gasteiger partial charge in [-0.3, -0.25) is 0 Å². The summed E-state index contributed by atoms with van der Waals surface area (Å²) in [5.74, 6) is 0.921. The van der Waals surface area contributed by atoms with E-state index in [1.165, 1.54) is 0 Å². The van der Waals surface area contributed by atoms with Crippen molar-refractivity contribution in [3.8, 4) is 0 Å². The second-order valence-electron chi connectivity index (χ2n) is 6.05. The number of anilines is 3. The van der Waals surface area contributed by atoms with Crippen LogP contribution in [-0.4, -0.2) is 42.1 Å². The molecule has 0 bridgehead atoms. The number of aromatic nitrogens is 2. The van der Waals surface area contributed by atoms with Crippen LogP contribution < -0.4 is 10.2 Å². The molecule has 3 heterocycles. The van der Waals surface area contributed by atoms with Crippen molar-refractivity contribution in [1.82, 2.24) is 9.97 Å². The number of rotatable bonds is 3. The van der Waals surface area contributed by atoms with E-state index >= 15 is 0 Å². The molecule has 2 aromatic rings. The molecule has 25 heavy (non-hydrogen) atoms. The number of hydrogen-bond acceptors (Lipinski definition) is 6. The molecular weight excluding hydrogens is 363 g/mol. The van der Waals surface area contributed by atoms with Crippen molar-refractivity contribution < 1.29 is 9.47 Å². The number of piperidine rings is 1. The number of nitrogens with zero attached hydrogens (tertiary/aromatic N) is 3. The van der Waals surface area contributed by atoms with E-state index in [9.17, 15) is 0 Å². The van der Waals surface area contributed by atoms with Gasteiger partial charge in [0.1, 0.15) is 5.82 Å². The van der Waals surface area contributed by atoms with Gasteiger partial charge in [0.2, 0.25) is 5.95 Å². The Labute approximate surface area is 156 Å². The van der Waals surface area contributed by atoms with Gasteiger partial charge in [0.25, 0.3) is 0 Å². The molecule has 4 rings (SSSR count). The van der Waals surface area contributed by atoms with Crippen LogP contribution in [0, 0.1) is 0 Å². The van der Waals surface area contributed by atoms with E-state index < -0.39 is 5.79 Å². The molecular formula is C17H18Cl2N4O2. The van der Waals surface area contributed by atoms with Gasteiger partial charge in [-0.05, 0) is 18.2 Å². The first kappa shape index (κ1) is 16.8. The fraction of sp³-hybridized carbons (Fsp3) is 0.412. The van der Waals surface area contributed by atoms with E-state index in [1.54, 1.807) is 24.4 Å². The maximum atomic E-state index is 6.20. The van der Waals surface area contributed by atoms with Crippen LogP contribution in [0.3, 0.4) is 0 Å². The lowest BCUT2D eigenvalue weighted by Crippen LogP contribution is -2.45. The topological polar surface area (TPSA) is 59.5 Å². The largest absolute Gasteiger partial charge is 0.356 e. The van der Waals surface area contributed by atoms with Gasteiger partial charge in [-0.15, -0.1) is 0 Å². The number of para-hydroxylation sites is 1. The highest BCUT2D eigenvalue weighted by atomic mass is 35.5. The lowest BCUT2D eigenvalue weighted by molar-refractivity contribution is -0.169. The molecule has 1 aromatic carbocycles. The molecule has 2 saturated heterocycles. The lowest BCUT2D eigenvalue weighted by Gasteiger charge is -2.38. The molecule has 1 aromatic heterocycles. The summed E-state index contributed by atoms with van der Waals surface area (Å²) >= 11 is 12.4. The molecule has 0 radical (unpaired) electrons. The summed E-state index contributed by atoms with van der Waals surface area (Å²) in [5.41, 5.74) is 0.605. The third kappa shape index (κ3) is 3.53. The summed E-state index contributed by atoms with van der Waals surface area (Å²) in [4.78, 5) is 11.1. The summed E-state index contributed by atoms with van der Waals surface area (Å²) in [6.45, 7) is 3.01. The van der Waals surface area contributed by atoms with Gasteiger partial charge in [0, 0.05) is 32.1 Å². The smallest absolute Gasteiger partial charge is 0.229 e. The molecule has 1 N–H and O–H groups in total. The van der Waals surface area contributed by atoms with Crippen LogP contribution in [0.1, 0.15) is 12.8 Å². The van der Waals surface area contributed by atoms with Crippen LogP contribution in [0.15, 0.2) is 30.5 Å². The molecule has 6 nitrogen and oxygen atoms in total. The van der Waals surface area contributed by atoms with Crippen molar-refractivity contribution >= 4 is 40.7 Å². The molecule has 0 amide bonds. The summed E-state index contributed by atoms with van der Waals surface area (Å²) < 4.78 is 11.5. The summed E-state index contributed by atoms with van der Waals surface area (Å²) in [6, 6.07) is 7.23. The molecule has 8 heteroatoms. The molecule has 132 valence electrons. The Morgan fingerprint density at radius 2 is 1.72 bits per heavy atom. The first-order valence-electron chi connectivity index (χ1n) is 8.22. The quantitative estimate of drug-likeness (QED) is 0.871. The lowest BCUT2D eigenvalue weighted by atomic mass is 10.0. The Morgan fingerprint density at radius 3 is 2.40 bits per heavy atom. The number of nitrogens with one attached hydrogen (secondary N) is 1. The first-order chi connectivity index (χ1) is 12.2. The highest BCUT2D eigenvalue weighted by molar-refractivity contribution is 6.39. The number of benzene rings is 1. The van der Waals surface area contributed by atoms with Crippen molar-refractivity contribution in [3.05, 3.63) is 40.5 Å². The predicted molar refractivity (Wildman–Crippen MR) is 97.9 cm³/mol. The summed E-state index contributed by atoms with van der Waals surface area (Å²) in [6.07, 6.45) is 3.38. The van der Waals surface area contributed by atoms with Crippen molar-refractivity contribution in [3.63, 3.8) is 0 Å². The maximum Gasteiger partial charge on any atom is 0.229 e. The third-order valence-electron chi connectivity index (χ3n) is 4.50. The average Bonchev–Trinajstić information content (AvgIpc) is 3.07. The van der Waals surface area contributed by atoms with Gasteiger partial charge in [-0.1, -0.05) is 29.3 Å². The Hall–Kier alpha value is -1.60. The van der Waals surface area contributed by atoms with E-state index in [0.29, 0.717) is 34.9 Å². The first-order valence-corrected chi connectivity index (χ1v) is 8.98. The zero-order valence-corrected chi connectivity index (χ0v) is 15.1. The zero-order valence-electron chi connectivity index (χ0n) is 13.5. The van der Waals surface area contributed by atoms with Crippen molar-refractivity contribution in [2.45, 2.75) is 18.6 Å². The highest BCUT2D eigenvalue weighted by Crippen LogP contribution is 2.34. The Morgan fingerprint density at radius 1 is 1.04 bits per heavy atom. The van der Waals surface area contributed by atoms with Crippen molar-refractivity contribution in [2.75, 3.05) is 36.5 Å². The molecule has 0 aliphatic carbocycles. The summed E-state index contributed by atoms with van der Waals surface area (Å²) in [5, 5.41) is 4.16. The fourth-order valence-electron chi connectivity index (χ4n) is 3.18. The van der Waals surface area contributed by atoms with E-state index in [-0.39, 0.29) is 0 Å². The average molecular weight is 381 g/mol. The minimum Gasteiger partial charge on any atom is -0.356 e. The van der Waals surface area contributed by atoms with Gasteiger partial charge in [-0.2, -0.15) is 4.98 Å². The van der Waals surface area contributed by atoms with Gasteiger partial charge >= 0.3 is 0 Å².